The molecule has 0 fully saturated rings. The number of methoxy groups -OCH3 is 1. The van der Waals surface area contributed by atoms with E-state index >= 15 is 0 Å². The second-order valence-corrected chi connectivity index (χ2v) is 7.50. The van der Waals surface area contributed by atoms with Gasteiger partial charge < -0.3 is 10.5 Å². The predicted octanol–water partition coefficient (Wildman–Crippen LogP) is 2.83. The number of hydrogen-bond acceptors (Lipinski definition) is 6. The summed E-state index contributed by atoms with van der Waals surface area (Å²) in [7, 11) is 1.58. The van der Waals surface area contributed by atoms with Crippen LogP contribution in [0.5, 0.6) is 5.75 Å². The molecule has 0 unspecified atom stereocenters. The van der Waals surface area contributed by atoms with Gasteiger partial charge in [-0.05, 0) is 37.1 Å². The molecular formula is C22H23N5O. The van der Waals surface area contributed by atoms with Gasteiger partial charge in [0.25, 0.3) is 0 Å². The minimum atomic E-state index is -1.61. The molecule has 1 aromatic carbocycles. The second kappa shape index (κ2) is 7.39. The van der Waals surface area contributed by atoms with Gasteiger partial charge in [-0.25, -0.2) is 0 Å². The van der Waals surface area contributed by atoms with Crippen molar-refractivity contribution in [2.45, 2.75) is 25.8 Å². The molecule has 1 aliphatic carbocycles. The van der Waals surface area contributed by atoms with E-state index in [0.717, 1.165) is 11.1 Å². The van der Waals surface area contributed by atoms with Crippen LogP contribution in [-0.4, -0.2) is 31.1 Å². The van der Waals surface area contributed by atoms with E-state index < -0.39 is 11.3 Å². The molecule has 28 heavy (non-hydrogen) atoms. The first-order valence-corrected chi connectivity index (χ1v) is 9.24. The van der Waals surface area contributed by atoms with Gasteiger partial charge in [0, 0.05) is 31.0 Å². The third-order valence-corrected chi connectivity index (χ3v) is 5.88. The number of rotatable bonds is 3. The zero-order valence-corrected chi connectivity index (χ0v) is 16.3. The summed E-state index contributed by atoms with van der Waals surface area (Å²) in [5.74, 6) is -0.0371. The van der Waals surface area contributed by atoms with Crippen molar-refractivity contribution in [1.29, 1.82) is 15.8 Å². The summed E-state index contributed by atoms with van der Waals surface area (Å²) < 4.78 is 5.36. The Morgan fingerprint density at radius 1 is 1.25 bits per heavy atom. The monoisotopic (exact) mass is 373 g/mol. The molecule has 1 aromatic rings. The van der Waals surface area contributed by atoms with E-state index in [0.29, 0.717) is 24.9 Å². The first-order chi connectivity index (χ1) is 13.4. The Morgan fingerprint density at radius 3 is 2.54 bits per heavy atom. The topological polar surface area (TPSA) is 110 Å². The van der Waals surface area contributed by atoms with Crippen molar-refractivity contribution in [3.8, 4) is 24.0 Å². The lowest BCUT2D eigenvalue weighted by Crippen LogP contribution is -2.49. The summed E-state index contributed by atoms with van der Waals surface area (Å²) in [5.41, 5.74) is 6.68. The van der Waals surface area contributed by atoms with E-state index in [1.54, 1.807) is 7.11 Å². The van der Waals surface area contributed by atoms with Crippen molar-refractivity contribution in [2.24, 2.45) is 17.1 Å². The molecule has 0 spiro atoms. The summed E-state index contributed by atoms with van der Waals surface area (Å²) in [5, 5.41) is 29.9. The SMILES string of the molecule is COc1cccc([C@@H]2[C@@H]3CN(C(C)C)CC=C3C(C#N)=C(N)C2(C#N)C#N)c1. The van der Waals surface area contributed by atoms with Gasteiger partial charge in [0.15, 0.2) is 5.41 Å². The number of benzene rings is 1. The van der Waals surface area contributed by atoms with Crippen molar-refractivity contribution < 1.29 is 4.74 Å². The number of nitrogens with zero attached hydrogens (tertiary/aromatic N) is 4. The van der Waals surface area contributed by atoms with E-state index in [-0.39, 0.29) is 17.2 Å². The van der Waals surface area contributed by atoms with Crippen LogP contribution in [0.4, 0.5) is 0 Å². The fourth-order valence-electron chi connectivity index (χ4n) is 4.34. The van der Waals surface area contributed by atoms with Crippen molar-refractivity contribution >= 4 is 0 Å². The average Bonchev–Trinajstić information content (AvgIpc) is 2.72. The lowest BCUT2D eigenvalue weighted by atomic mass is 9.58. The lowest BCUT2D eigenvalue weighted by Gasteiger charge is -2.46. The highest BCUT2D eigenvalue weighted by Crippen LogP contribution is 2.54. The minimum Gasteiger partial charge on any atom is -0.497 e. The number of nitriles is 3. The minimum absolute atomic E-state index is 0.0494. The van der Waals surface area contributed by atoms with Gasteiger partial charge >= 0.3 is 0 Å². The highest BCUT2D eigenvalue weighted by molar-refractivity contribution is 5.59. The number of ether oxygens (including phenoxy) is 1. The van der Waals surface area contributed by atoms with Gasteiger partial charge in [-0.2, -0.15) is 15.8 Å². The van der Waals surface area contributed by atoms with Crippen LogP contribution in [0.3, 0.4) is 0 Å². The smallest absolute Gasteiger partial charge is 0.191 e. The van der Waals surface area contributed by atoms with E-state index in [4.69, 9.17) is 10.5 Å². The number of fused-ring (bicyclic) bond motifs is 1. The molecule has 2 atom stereocenters. The normalized spacial score (nSPS) is 23.8. The van der Waals surface area contributed by atoms with Crippen LogP contribution in [0.2, 0.25) is 0 Å². The number of nitrogens with two attached hydrogens (primary N) is 1. The van der Waals surface area contributed by atoms with Crippen molar-refractivity contribution in [1.82, 2.24) is 4.90 Å². The Morgan fingerprint density at radius 2 is 1.96 bits per heavy atom. The quantitative estimate of drug-likeness (QED) is 0.872. The van der Waals surface area contributed by atoms with Crippen molar-refractivity contribution in [3.63, 3.8) is 0 Å². The maximum absolute atomic E-state index is 10.1. The molecule has 1 aliphatic heterocycles. The molecule has 0 bridgehead atoms. The first-order valence-electron chi connectivity index (χ1n) is 9.24. The van der Waals surface area contributed by atoms with Crippen LogP contribution in [0, 0.1) is 45.3 Å². The Hall–Kier alpha value is -3.27. The summed E-state index contributed by atoms with van der Waals surface area (Å²) in [6, 6.07) is 14.2. The second-order valence-electron chi connectivity index (χ2n) is 7.50. The van der Waals surface area contributed by atoms with Gasteiger partial charge in [0.1, 0.15) is 11.8 Å². The summed E-state index contributed by atoms with van der Waals surface area (Å²) >= 11 is 0. The molecule has 3 rings (SSSR count). The number of allylic oxidation sites excluding steroid dienone is 2. The molecule has 1 heterocycles. The van der Waals surface area contributed by atoms with Gasteiger partial charge in [-0.3, -0.25) is 4.90 Å². The molecule has 6 heteroatoms. The molecule has 0 saturated heterocycles. The number of hydrogen-bond donors (Lipinski definition) is 1. The Balaban J connectivity index is 2.30. The zero-order chi connectivity index (χ0) is 20.5. The Bertz CT molecular complexity index is 956. The van der Waals surface area contributed by atoms with Gasteiger partial charge in [0.05, 0.1) is 30.5 Å². The third kappa shape index (κ3) is 2.82. The van der Waals surface area contributed by atoms with Crippen LogP contribution in [-0.2, 0) is 0 Å². The molecular weight excluding hydrogens is 350 g/mol. The maximum Gasteiger partial charge on any atom is 0.191 e. The first kappa shape index (κ1) is 19.5. The Labute approximate surface area is 165 Å². The predicted molar refractivity (Wildman–Crippen MR) is 105 cm³/mol. The summed E-state index contributed by atoms with van der Waals surface area (Å²) in [4.78, 5) is 2.28. The van der Waals surface area contributed by atoms with Gasteiger partial charge in [-0.15, -0.1) is 0 Å². The van der Waals surface area contributed by atoms with Crippen LogP contribution in [0.1, 0.15) is 25.3 Å². The van der Waals surface area contributed by atoms with E-state index in [1.165, 1.54) is 0 Å². The third-order valence-electron chi connectivity index (χ3n) is 5.88. The van der Waals surface area contributed by atoms with Crippen LogP contribution < -0.4 is 10.5 Å². The molecule has 0 saturated carbocycles. The fourth-order valence-corrected chi connectivity index (χ4v) is 4.34. The van der Waals surface area contributed by atoms with Gasteiger partial charge in [-0.1, -0.05) is 18.2 Å². The molecule has 2 N–H and O–H groups in total. The van der Waals surface area contributed by atoms with Crippen LogP contribution in [0.15, 0.2) is 47.2 Å². The molecule has 0 aromatic heterocycles. The summed E-state index contributed by atoms with van der Waals surface area (Å²) in [6.07, 6.45) is 2.02. The Kier molecular flexibility index (Phi) is 5.14. The lowest BCUT2D eigenvalue weighted by molar-refractivity contribution is 0.174. The maximum atomic E-state index is 10.1. The molecule has 2 aliphatic rings. The highest BCUT2D eigenvalue weighted by Gasteiger charge is 2.54. The summed E-state index contributed by atoms with van der Waals surface area (Å²) in [6.45, 7) is 5.58. The standard InChI is InChI=1S/C22H23N5O/c1-14(2)27-8-7-17-18(10-23)21(26)22(12-24,13-25)20(19(17)11-27)15-5-4-6-16(9-15)28-3/h4-7,9,14,19-20H,8,11,26H2,1-3H3/t19-,20-/m1/s1. The van der Waals surface area contributed by atoms with E-state index in [9.17, 15) is 15.8 Å². The largest absolute Gasteiger partial charge is 0.497 e. The van der Waals surface area contributed by atoms with Crippen LogP contribution in [0.25, 0.3) is 0 Å². The van der Waals surface area contributed by atoms with E-state index in [2.05, 4.69) is 37.0 Å². The van der Waals surface area contributed by atoms with E-state index in [1.807, 2.05) is 30.3 Å². The molecule has 142 valence electrons. The highest BCUT2D eigenvalue weighted by atomic mass is 16.5. The van der Waals surface area contributed by atoms with Gasteiger partial charge in [0.2, 0.25) is 0 Å². The average molecular weight is 373 g/mol. The molecule has 0 radical (unpaired) electrons. The molecule has 0 amide bonds. The zero-order valence-electron chi connectivity index (χ0n) is 16.3. The fraction of sp³-hybridized carbons (Fsp3) is 0.409. The molecule has 6 nitrogen and oxygen atoms in total. The van der Waals surface area contributed by atoms with Crippen LogP contribution >= 0.6 is 0 Å². The van der Waals surface area contributed by atoms with Crippen molar-refractivity contribution in [3.05, 3.63) is 52.7 Å². The van der Waals surface area contributed by atoms with Crippen molar-refractivity contribution in [2.75, 3.05) is 20.2 Å².